The normalized spacial score (nSPS) is 15.0. The molecule has 1 unspecified atom stereocenters. The second-order valence-electron chi connectivity index (χ2n) is 10.5. The summed E-state index contributed by atoms with van der Waals surface area (Å²) in [6, 6.07) is 4.88. The van der Waals surface area contributed by atoms with E-state index in [0.717, 1.165) is 25.9 Å². The van der Waals surface area contributed by atoms with Gasteiger partial charge in [0.2, 0.25) is 0 Å². The summed E-state index contributed by atoms with van der Waals surface area (Å²) >= 11 is 0. The van der Waals surface area contributed by atoms with Crippen molar-refractivity contribution in [1.29, 1.82) is 0 Å². The lowest BCUT2D eigenvalue weighted by Gasteiger charge is -2.36. The lowest BCUT2D eigenvalue weighted by atomic mass is 9.99. The first-order chi connectivity index (χ1) is 15.2. The lowest BCUT2D eigenvalue weighted by Crippen LogP contribution is -2.41. The van der Waals surface area contributed by atoms with E-state index in [1.807, 2.05) is 6.92 Å². The molecule has 0 bridgehead atoms. The summed E-state index contributed by atoms with van der Waals surface area (Å²) in [5.74, 6) is 3.78. The Kier molecular flexibility index (Phi) is 10.8. The van der Waals surface area contributed by atoms with Crippen LogP contribution in [0.3, 0.4) is 0 Å². The number of hydrogen-bond donors (Lipinski definition) is 1. The number of methoxy groups -OCH3 is 1. The summed E-state index contributed by atoms with van der Waals surface area (Å²) in [5.41, 5.74) is 1.90. The van der Waals surface area contributed by atoms with Crippen LogP contribution in [-0.4, -0.2) is 32.7 Å². The Morgan fingerprint density at radius 1 is 1.09 bits per heavy atom. The van der Waals surface area contributed by atoms with Gasteiger partial charge in [-0.15, -0.1) is 6.42 Å². The van der Waals surface area contributed by atoms with Gasteiger partial charge in [-0.25, -0.2) is 0 Å². The third kappa shape index (κ3) is 9.69. The standard InChI is InChI=1S/C28H44O4Si/c1-11-28(7,32-24-17-18-25(29)26(20-24)30-8)19-13-16-22(2)14-12-15-23(3)21-31-33(9,10)27(4,5)6/h1,15-18,20,29H,12-14,19,21H2,2-10H3/b22-16+,23-15+. The van der Waals surface area contributed by atoms with Gasteiger partial charge in [-0.05, 0) is 70.3 Å². The fourth-order valence-electron chi connectivity index (χ4n) is 2.95. The van der Waals surface area contributed by atoms with Gasteiger partial charge in [0.25, 0.3) is 0 Å². The largest absolute Gasteiger partial charge is 0.504 e. The first kappa shape index (κ1) is 28.9. The van der Waals surface area contributed by atoms with E-state index >= 15 is 0 Å². The average molecular weight is 473 g/mol. The van der Waals surface area contributed by atoms with E-state index in [4.69, 9.17) is 20.3 Å². The van der Waals surface area contributed by atoms with Crippen LogP contribution in [0.2, 0.25) is 18.1 Å². The highest BCUT2D eigenvalue weighted by Crippen LogP contribution is 2.37. The number of phenolic OH excluding ortho intramolecular Hbond substituents is 1. The van der Waals surface area contributed by atoms with Crippen molar-refractivity contribution >= 4 is 8.32 Å². The zero-order valence-corrected chi connectivity index (χ0v) is 23.2. The fourth-order valence-corrected chi connectivity index (χ4v) is 3.97. The highest BCUT2D eigenvalue weighted by molar-refractivity contribution is 6.74. The molecule has 0 saturated heterocycles. The monoisotopic (exact) mass is 472 g/mol. The van der Waals surface area contributed by atoms with Crippen LogP contribution in [-0.2, 0) is 4.43 Å². The number of benzene rings is 1. The maximum atomic E-state index is 9.76. The number of terminal acetylenes is 1. The van der Waals surface area contributed by atoms with E-state index in [-0.39, 0.29) is 10.8 Å². The van der Waals surface area contributed by atoms with Gasteiger partial charge in [-0.2, -0.15) is 0 Å². The van der Waals surface area contributed by atoms with Crippen LogP contribution in [0.25, 0.3) is 0 Å². The van der Waals surface area contributed by atoms with Gasteiger partial charge in [0.05, 0.1) is 13.7 Å². The number of hydrogen-bond acceptors (Lipinski definition) is 4. The summed E-state index contributed by atoms with van der Waals surface area (Å²) in [6.07, 6.45) is 13.9. The minimum Gasteiger partial charge on any atom is -0.504 e. The number of allylic oxidation sites excluding steroid dienone is 3. The van der Waals surface area contributed by atoms with Crippen LogP contribution < -0.4 is 9.47 Å². The van der Waals surface area contributed by atoms with Crippen LogP contribution >= 0.6 is 0 Å². The molecule has 1 atom stereocenters. The highest BCUT2D eigenvalue weighted by Gasteiger charge is 2.36. The van der Waals surface area contributed by atoms with E-state index < -0.39 is 13.9 Å². The molecule has 0 aliphatic carbocycles. The molecular formula is C28H44O4Si. The summed E-state index contributed by atoms with van der Waals surface area (Å²) in [5, 5.41) is 9.99. The van der Waals surface area contributed by atoms with E-state index in [1.54, 1.807) is 18.2 Å². The Hall–Kier alpha value is -2.16. The summed E-state index contributed by atoms with van der Waals surface area (Å²) in [7, 11) is -0.199. The van der Waals surface area contributed by atoms with E-state index in [2.05, 4.69) is 65.8 Å². The molecule has 0 fully saturated rings. The molecule has 184 valence electrons. The smallest absolute Gasteiger partial charge is 0.192 e. The van der Waals surface area contributed by atoms with Gasteiger partial charge >= 0.3 is 0 Å². The predicted molar refractivity (Wildman–Crippen MR) is 142 cm³/mol. The zero-order valence-electron chi connectivity index (χ0n) is 22.2. The third-order valence-electron chi connectivity index (χ3n) is 6.41. The van der Waals surface area contributed by atoms with E-state index in [0.29, 0.717) is 17.9 Å². The van der Waals surface area contributed by atoms with Gasteiger partial charge in [0, 0.05) is 12.5 Å². The quantitative estimate of drug-likeness (QED) is 0.193. The second kappa shape index (κ2) is 12.3. The molecule has 33 heavy (non-hydrogen) atoms. The first-order valence-corrected chi connectivity index (χ1v) is 14.6. The Morgan fingerprint density at radius 2 is 1.73 bits per heavy atom. The summed E-state index contributed by atoms with van der Waals surface area (Å²) in [4.78, 5) is 0. The predicted octanol–water partition coefficient (Wildman–Crippen LogP) is 7.65. The summed E-state index contributed by atoms with van der Waals surface area (Å²) in [6.45, 7) is 18.3. The zero-order chi connectivity index (χ0) is 25.3. The highest BCUT2D eigenvalue weighted by atomic mass is 28.4. The molecule has 0 heterocycles. The van der Waals surface area contributed by atoms with Crippen molar-refractivity contribution < 1.29 is 19.0 Å². The van der Waals surface area contributed by atoms with Crippen LogP contribution in [0.4, 0.5) is 0 Å². The van der Waals surface area contributed by atoms with Crippen LogP contribution in [0.5, 0.6) is 17.2 Å². The third-order valence-corrected chi connectivity index (χ3v) is 10.9. The van der Waals surface area contributed by atoms with Crippen molar-refractivity contribution in [3.8, 4) is 29.6 Å². The molecule has 0 amide bonds. The van der Waals surface area contributed by atoms with Crippen LogP contribution in [0.15, 0.2) is 41.5 Å². The molecule has 0 spiro atoms. The molecule has 0 aliphatic heterocycles. The van der Waals surface area contributed by atoms with Crippen LogP contribution in [0, 0.1) is 12.3 Å². The molecular weight excluding hydrogens is 428 g/mol. The lowest BCUT2D eigenvalue weighted by molar-refractivity contribution is 0.141. The molecule has 1 N–H and O–H groups in total. The average Bonchev–Trinajstić information content (AvgIpc) is 2.73. The SMILES string of the molecule is C#CC(C)(CC/C=C(\C)CC/C=C(\C)CO[Si](C)(C)C(C)(C)C)Oc1ccc(O)c(OC)c1. The van der Waals surface area contributed by atoms with Crippen molar-refractivity contribution in [2.24, 2.45) is 0 Å². The number of phenols is 1. The number of aromatic hydroxyl groups is 1. The number of ether oxygens (including phenoxy) is 2. The fraction of sp³-hybridized carbons (Fsp3) is 0.571. The minimum atomic E-state index is -1.70. The van der Waals surface area contributed by atoms with Crippen molar-refractivity contribution in [3.63, 3.8) is 0 Å². The molecule has 0 aromatic heterocycles. The summed E-state index contributed by atoms with van der Waals surface area (Å²) < 4.78 is 17.5. The van der Waals surface area contributed by atoms with Gasteiger partial charge < -0.3 is 19.0 Å². The Balaban J connectivity index is 2.54. The Bertz CT molecular complexity index is 871. The molecule has 0 aliphatic rings. The second-order valence-corrected chi connectivity index (χ2v) is 15.3. The topological polar surface area (TPSA) is 47.9 Å². The van der Waals surface area contributed by atoms with Crippen molar-refractivity contribution in [3.05, 3.63) is 41.5 Å². The Labute approximate surface area is 203 Å². The van der Waals surface area contributed by atoms with Crippen molar-refractivity contribution in [1.82, 2.24) is 0 Å². The van der Waals surface area contributed by atoms with Crippen molar-refractivity contribution in [2.45, 2.75) is 91.0 Å². The van der Waals surface area contributed by atoms with Gasteiger partial charge in [-0.1, -0.05) is 50.0 Å². The molecule has 4 nitrogen and oxygen atoms in total. The molecule has 1 aromatic rings. The van der Waals surface area contributed by atoms with Crippen LogP contribution in [0.1, 0.15) is 67.2 Å². The van der Waals surface area contributed by atoms with Gasteiger partial charge in [0.15, 0.2) is 25.4 Å². The maximum Gasteiger partial charge on any atom is 0.192 e. The Morgan fingerprint density at radius 3 is 2.30 bits per heavy atom. The molecule has 0 saturated carbocycles. The molecule has 1 aromatic carbocycles. The van der Waals surface area contributed by atoms with Gasteiger partial charge in [-0.3, -0.25) is 0 Å². The van der Waals surface area contributed by atoms with Crippen molar-refractivity contribution in [2.75, 3.05) is 13.7 Å². The number of rotatable bonds is 12. The minimum absolute atomic E-state index is 0.0710. The molecule has 5 heteroatoms. The molecule has 1 rings (SSSR count). The van der Waals surface area contributed by atoms with Gasteiger partial charge in [0.1, 0.15) is 5.75 Å². The van der Waals surface area contributed by atoms with E-state index in [9.17, 15) is 5.11 Å². The first-order valence-electron chi connectivity index (χ1n) is 11.7. The maximum absolute atomic E-state index is 9.76. The molecule has 0 radical (unpaired) electrons. The van der Waals surface area contributed by atoms with E-state index in [1.165, 1.54) is 18.3 Å².